The molecular formula is C14H19N3O3S. The maximum atomic E-state index is 12.3. The van der Waals surface area contributed by atoms with E-state index in [1.54, 1.807) is 0 Å². The topological polar surface area (TPSA) is 116 Å². The zero-order valence-corrected chi connectivity index (χ0v) is 12.4. The summed E-state index contributed by atoms with van der Waals surface area (Å²) in [7, 11) is -3.72. The molecule has 0 spiro atoms. The number of nitrogen functional groups attached to an aromatic ring is 1. The van der Waals surface area contributed by atoms with Crippen molar-refractivity contribution in [2.24, 2.45) is 5.92 Å². The third-order valence-electron chi connectivity index (χ3n) is 3.79. The van der Waals surface area contributed by atoms with Gasteiger partial charge in [0, 0.05) is 12.2 Å². The molecule has 0 heterocycles. The largest absolute Gasteiger partial charge is 0.399 e. The van der Waals surface area contributed by atoms with Crippen LogP contribution in [0.5, 0.6) is 0 Å². The predicted molar refractivity (Wildman–Crippen MR) is 78.7 cm³/mol. The minimum absolute atomic E-state index is 0.0431. The molecule has 4 N–H and O–H groups in total. The molecule has 0 aliphatic heterocycles. The Morgan fingerprint density at radius 1 is 1.33 bits per heavy atom. The Morgan fingerprint density at radius 3 is 2.62 bits per heavy atom. The minimum Gasteiger partial charge on any atom is -0.399 e. The van der Waals surface area contributed by atoms with Crippen molar-refractivity contribution in [3.05, 3.63) is 23.8 Å². The van der Waals surface area contributed by atoms with Crippen molar-refractivity contribution in [2.45, 2.75) is 36.7 Å². The molecule has 7 heteroatoms. The lowest BCUT2D eigenvalue weighted by Crippen LogP contribution is -2.32. The van der Waals surface area contributed by atoms with Crippen LogP contribution in [0.25, 0.3) is 0 Å². The van der Waals surface area contributed by atoms with E-state index in [4.69, 9.17) is 11.0 Å². The lowest BCUT2D eigenvalue weighted by molar-refractivity contribution is 0.109. The first-order valence-electron chi connectivity index (χ1n) is 6.89. The fraction of sp³-hybridized carbons (Fsp3) is 0.500. The van der Waals surface area contributed by atoms with Crippen LogP contribution in [-0.4, -0.2) is 26.2 Å². The third-order valence-corrected chi connectivity index (χ3v) is 5.27. The van der Waals surface area contributed by atoms with Crippen molar-refractivity contribution < 1.29 is 13.5 Å². The second kappa shape index (κ2) is 6.43. The minimum atomic E-state index is -3.72. The molecule has 0 aromatic heterocycles. The SMILES string of the molecule is N#Cc1cc(N)ccc1S(=O)(=O)NCC1CCC(O)CC1. The van der Waals surface area contributed by atoms with Gasteiger partial charge in [0.2, 0.25) is 10.0 Å². The van der Waals surface area contributed by atoms with Crippen molar-refractivity contribution >= 4 is 15.7 Å². The first-order chi connectivity index (χ1) is 9.92. The Hall–Kier alpha value is -1.62. The maximum Gasteiger partial charge on any atom is 0.241 e. The first-order valence-corrected chi connectivity index (χ1v) is 8.38. The number of rotatable bonds is 4. The van der Waals surface area contributed by atoms with Gasteiger partial charge in [0.05, 0.1) is 16.6 Å². The molecule has 21 heavy (non-hydrogen) atoms. The normalized spacial score (nSPS) is 22.7. The third kappa shape index (κ3) is 3.94. The van der Waals surface area contributed by atoms with Crippen LogP contribution in [-0.2, 0) is 10.0 Å². The highest BCUT2D eigenvalue weighted by molar-refractivity contribution is 7.89. The Morgan fingerprint density at radius 2 is 2.00 bits per heavy atom. The molecule has 0 amide bonds. The number of benzene rings is 1. The molecule has 2 rings (SSSR count). The van der Waals surface area contributed by atoms with Gasteiger partial charge in [-0.2, -0.15) is 5.26 Å². The number of nitrogens with zero attached hydrogens (tertiary/aromatic N) is 1. The number of anilines is 1. The lowest BCUT2D eigenvalue weighted by atomic mass is 9.88. The van der Waals surface area contributed by atoms with Gasteiger partial charge in [-0.3, -0.25) is 0 Å². The Balaban J connectivity index is 2.07. The van der Waals surface area contributed by atoms with E-state index in [-0.39, 0.29) is 22.5 Å². The van der Waals surface area contributed by atoms with Crippen LogP contribution in [0.15, 0.2) is 23.1 Å². The molecule has 0 radical (unpaired) electrons. The van der Waals surface area contributed by atoms with E-state index in [2.05, 4.69) is 4.72 Å². The Labute approximate surface area is 124 Å². The van der Waals surface area contributed by atoms with Gasteiger partial charge in [0.15, 0.2) is 0 Å². The van der Waals surface area contributed by atoms with E-state index >= 15 is 0 Å². The van der Waals surface area contributed by atoms with Crippen molar-refractivity contribution in [2.75, 3.05) is 12.3 Å². The van der Waals surface area contributed by atoms with Crippen LogP contribution in [0.4, 0.5) is 5.69 Å². The van der Waals surface area contributed by atoms with Crippen LogP contribution in [0, 0.1) is 17.2 Å². The summed E-state index contributed by atoms with van der Waals surface area (Å²) in [6, 6.07) is 6.02. The van der Waals surface area contributed by atoms with Crippen LogP contribution >= 0.6 is 0 Å². The molecule has 0 unspecified atom stereocenters. The van der Waals surface area contributed by atoms with Gasteiger partial charge in [0.1, 0.15) is 6.07 Å². The maximum absolute atomic E-state index is 12.3. The van der Waals surface area contributed by atoms with Gasteiger partial charge in [-0.15, -0.1) is 0 Å². The first kappa shape index (κ1) is 15.8. The van der Waals surface area contributed by atoms with Gasteiger partial charge in [0.25, 0.3) is 0 Å². The zero-order chi connectivity index (χ0) is 15.5. The Kier molecular flexibility index (Phi) is 4.83. The van der Waals surface area contributed by atoms with Crippen LogP contribution < -0.4 is 10.5 Å². The number of nitrogens with two attached hydrogens (primary N) is 1. The highest BCUT2D eigenvalue weighted by Gasteiger charge is 2.23. The molecule has 1 aromatic rings. The van der Waals surface area contributed by atoms with Crippen molar-refractivity contribution in [3.63, 3.8) is 0 Å². The van der Waals surface area contributed by atoms with Gasteiger partial charge in [-0.25, -0.2) is 13.1 Å². The zero-order valence-electron chi connectivity index (χ0n) is 11.6. The van der Waals surface area contributed by atoms with Crippen LogP contribution in [0.2, 0.25) is 0 Å². The summed E-state index contributed by atoms with van der Waals surface area (Å²) in [5.74, 6) is 0.225. The standard InChI is InChI=1S/C14H19N3O3S/c15-8-11-7-12(16)3-6-14(11)21(19,20)17-9-10-1-4-13(18)5-2-10/h3,6-7,10,13,17-18H,1-2,4-5,9,16H2. The number of aliphatic hydroxyl groups excluding tert-OH is 1. The summed E-state index contributed by atoms with van der Waals surface area (Å²) in [5.41, 5.74) is 5.96. The van der Waals surface area contributed by atoms with E-state index in [1.807, 2.05) is 6.07 Å². The second-order valence-corrected chi connectivity index (χ2v) is 7.13. The van der Waals surface area contributed by atoms with Gasteiger partial charge in [-0.05, 0) is 49.8 Å². The van der Waals surface area contributed by atoms with Gasteiger partial charge < -0.3 is 10.8 Å². The number of hydrogen-bond donors (Lipinski definition) is 3. The average molecular weight is 309 g/mol. The predicted octanol–water partition coefficient (Wildman–Crippen LogP) is 0.970. The van der Waals surface area contributed by atoms with Crippen LogP contribution in [0.1, 0.15) is 31.2 Å². The molecule has 1 fully saturated rings. The van der Waals surface area contributed by atoms with E-state index < -0.39 is 10.0 Å². The number of nitriles is 1. The molecule has 0 atom stereocenters. The Bertz CT molecular complexity index is 644. The number of hydrogen-bond acceptors (Lipinski definition) is 5. The molecule has 1 aliphatic rings. The summed E-state index contributed by atoms with van der Waals surface area (Å²) in [4.78, 5) is -0.0463. The van der Waals surface area contributed by atoms with Gasteiger partial charge >= 0.3 is 0 Å². The summed E-state index contributed by atoms with van der Waals surface area (Å²) < 4.78 is 27.1. The molecule has 0 bridgehead atoms. The van der Waals surface area contributed by atoms with Crippen molar-refractivity contribution in [3.8, 4) is 6.07 Å². The van der Waals surface area contributed by atoms with Crippen molar-refractivity contribution in [1.82, 2.24) is 4.72 Å². The lowest BCUT2D eigenvalue weighted by Gasteiger charge is -2.25. The number of nitrogens with one attached hydrogen (secondary N) is 1. The summed E-state index contributed by atoms with van der Waals surface area (Å²) >= 11 is 0. The highest BCUT2D eigenvalue weighted by Crippen LogP contribution is 2.24. The second-order valence-electron chi connectivity index (χ2n) is 5.39. The fourth-order valence-electron chi connectivity index (χ4n) is 2.52. The molecule has 0 saturated heterocycles. The molecule has 1 aliphatic carbocycles. The molecular weight excluding hydrogens is 290 g/mol. The fourth-order valence-corrected chi connectivity index (χ4v) is 3.78. The number of sulfonamides is 1. The smallest absolute Gasteiger partial charge is 0.241 e. The summed E-state index contributed by atoms with van der Waals surface area (Å²) in [6.45, 7) is 0.324. The highest BCUT2D eigenvalue weighted by atomic mass is 32.2. The van der Waals surface area contributed by atoms with Crippen molar-refractivity contribution in [1.29, 1.82) is 5.26 Å². The molecule has 1 aromatic carbocycles. The van der Waals surface area contributed by atoms with E-state index in [9.17, 15) is 13.5 Å². The van der Waals surface area contributed by atoms with E-state index in [0.717, 1.165) is 12.8 Å². The monoisotopic (exact) mass is 309 g/mol. The van der Waals surface area contributed by atoms with E-state index in [0.29, 0.717) is 25.1 Å². The summed E-state index contributed by atoms with van der Waals surface area (Å²) in [6.07, 6.45) is 2.75. The molecule has 1 saturated carbocycles. The molecule has 6 nitrogen and oxygen atoms in total. The quantitative estimate of drug-likeness (QED) is 0.717. The summed E-state index contributed by atoms with van der Waals surface area (Å²) in [5, 5.41) is 18.5. The number of aliphatic hydroxyl groups is 1. The van der Waals surface area contributed by atoms with Crippen LogP contribution in [0.3, 0.4) is 0 Å². The van der Waals surface area contributed by atoms with Gasteiger partial charge in [-0.1, -0.05) is 0 Å². The van der Waals surface area contributed by atoms with E-state index in [1.165, 1.54) is 18.2 Å². The molecule has 114 valence electrons. The average Bonchev–Trinajstić information content (AvgIpc) is 2.46.